The van der Waals surface area contributed by atoms with Crippen molar-refractivity contribution in [1.82, 2.24) is 10.2 Å². The molecule has 21 heavy (non-hydrogen) atoms. The van der Waals surface area contributed by atoms with E-state index in [0.717, 1.165) is 25.0 Å². The van der Waals surface area contributed by atoms with Crippen LogP contribution in [0.5, 0.6) is 0 Å². The van der Waals surface area contributed by atoms with E-state index in [1.807, 2.05) is 20.2 Å². The summed E-state index contributed by atoms with van der Waals surface area (Å²) in [5.74, 6) is 0.548. The third-order valence-corrected chi connectivity index (χ3v) is 4.50. The molecule has 0 aliphatic rings. The summed E-state index contributed by atoms with van der Waals surface area (Å²) < 4.78 is 0. The van der Waals surface area contributed by atoms with Crippen LogP contribution in [0.2, 0.25) is 0 Å². The van der Waals surface area contributed by atoms with Crippen LogP contribution in [0.1, 0.15) is 46.0 Å². The minimum absolute atomic E-state index is 0.0509. The summed E-state index contributed by atoms with van der Waals surface area (Å²) in [6.45, 7) is 4.74. The van der Waals surface area contributed by atoms with Gasteiger partial charge in [-0.15, -0.1) is 0 Å². The molecule has 2 N–H and O–H groups in total. The number of thioether (sulfide) groups is 1. The van der Waals surface area contributed by atoms with Crippen LogP contribution in [0.3, 0.4) is 0 Å². The number of rotatable bonds is 11. The van der Waals surface area contributed by atoms with Crippen LogP contribution in [0, 0.1) is 5.92 Å². The Morgan fingerprint density at radius 1 is 1.29 bits per heavy atom. The molecular formula is C15H30N2O3S. The second-order valence-corrected chi connectivity index (χ2v) is 6.43. The molecule has 0 fully saturated rings. The second-order valence-electron chi connectivity index (χ2n) is 5.52. The first-order valence-corrected chi connectivity index (χ1v) is 9.03. The molecule has 0 aliphatic heterocycles. The highest BCUT2D eigenvalue weighted by atomic mass is 32.2. The number of nitrogens with one attached hydrogen (secondary N) is 1. The van der Waals surface area contributed by atoms with Gasteiger partial charge < -0.3 is 15.3 Å². The van der Waals surface area contributed by atoms with Crippen molar-refractivity contribution in [3.05, 3.63) is 0 Å². The van der Waals surface area contributed by atoms with Crippen molar-refractivity contribution in [2.45, 2.75) is 52.0 Å². The van der Waals surface area contributed by atoms with E-state index in [0.29, 0.717) is 18.9 Å². The van der Waals surface area contributed by atoms with Gasteiger partial charge in [0, 0.05) is 31.8 Å². The lowest BCUT2D eigenvalue weighted by Gasteiger charge is -2.25. The molecular weight excluding hydrogens is 288 g/mol. The van der Waals surface area contributed by atoms with E-state index in [-0.39, 0.29) is 18.5 Å². The van der Waals surface area contributed by atoms with Crippen molar-refractivity contribution in [2.75, 3.05) is 25.6 Å². The normalized spacial score (nSPS) is 13.5. The first kappa shape index (κ1) is 20.1. The molecule has 2 atom stereocenters. The van der Waals surface area contributed by atoms with Crippen LogP contribution in [0.4, 0.5) is 4.79 Å². The van der Waals surface area contributed by atoms with Crippen LogP contribution in [0.15, 0.2) is 0 Å². The SMILES string of the molecule is CCCC(CCNC(=O)N(C)C(C)CSC)CCC(=O)O. The van der Waals surface area contributed by atoms with E-state index in [9.17, 15) is 9.59 Å². The fraction of sp³-hybridized carbons (Fsp3) is 0.867. The van der Waals surface area contributed by atoms with Gasteiger partial charge >= 0.3 is 12.0 Å². The number of hydrogen-bond acceptors (Lipinski definition) is 3. The van der Waals surface area contributed by atoms with Crippen molar-refractivity contribution in [1.29, 1.82) is 0 Å². The van der Waals surface area contributed by atoms with Crippen molar-refractivity contribution >= 4 is 23.8 Å². The molecule has 0 aromatic rings. The lowest BCUT2D eigenvalue weighted by molar-refractivity contribution is -0.137. The summed E-state index contributed by atoms with van der Waals surface area (Å²) >= 11 is 1.72. The van der Waals surface area contributed by atoms with Crippen LogP contribution in [-0.2, 0) is 4.79 Å². The summed E-state index contributed by atoms with van der Waals surface area (Å²) in [5, 5.41) is 11.7. The Bertz CT molecular complexity index is 313. The molecule has 0 aliphatic carbocycles. The second kappa shape index (κ2) is 11.7. The molecule has 0 aromatic carbocycles. The van der Waals surface area contributed by atoms with Gasteiger partial charge in [0.15, 0.2) is 0 Å². The monoisotopic (exact) mass is 318 g/mol. The van der Waals surface area contributed by atoms with E-state index in [1.54, 1.807) is 16.7 Å². The Balaban J connectivity index is 4.06. The summed E-state index contributed by atoms with van der Waals surface area (Å²) in [6.07, 6.45) is 5.84. The number of carboxylic acid groups (broad SMARTS) is 1. The van der Waals surface area contributed by atoms with E-state index in [4.69, 9.17) is 5.11 Å². The zero-order valence-electron chi connectivity index (χ0n) is 13.7. The Morgan fingerprint density at radius 2 is 1.95 bits per heavy atom. The topological polar surface area (TPSA) is 69.6 Å². The molecule has 6 heteroatoms. The number of hydrogen-bond donors (Lipinski definition) is 2. The fourth-order valence-corrected chi connectivity index (χ4v) is 2.94. The number of amides is 2. The minimum atomic E-state index is -0.745. The summed E-state index contributed by atoms with van der Waals surface area (Å²) in [6, 6.07) is 0.156. The number of nitrogens with zero attached hydrogens (tertiary/aromatic N) is 1. The molecule has 0 bridgehead atoms. The molecule has 2 amide bonds. The third kappa shape index (κ3) is 9.61. The van der Waals surface area contributed by atoms with Gasteiger partial charge in [-0.05, 0) is 31.9 Å². The van der Waals surface area contributed by atoms with Gasteiger partial charge in [0.1, 0.15) is 0 Å². The van der Waals surface area contributed by atoms with Crippen molar-refractivity contribution in [3.63, 3.8) is 0 Å². The van der Waals surface area contributed by atoms with Crippen molar-refractivity contribution < 1.29 is 14.7 Å². The van der Waals surface area contributed by atoms with Gasteiger partial charge in [0.2, 0.25) is 0 Å². The molecule has 2 unspecified atom stereocenters. The quantitative estimate of drug-likeness (QED) is 0.614. The lowest BCUT2D eigenvalue weighted by Crippen LogP contribution is -2.43. The Kier molecular flexibility index (Phi) is 11.2. The largest absolute Gasteiger partial charge is 0.481 e. The highest BCUT2D eigenvalue weighted by Gasteiger charge is 2.15. The van der Waals surface area contributed by atoms with Crippen molar-refractivity contribution in [2.24, 2.45) is 5.92 Å². The fourth-order valence-electron chi connectivity index (χ4n) is 2.23. The van der Waals surface area contributed by atoms with Crippen molar-refractivity contribution in [3.8, 4) is 0 Å². The standard InChI is InChI=1S/C15H30N2O3S/c1-5-6-13(7-8-14(18)19)9-10-16-15(20)17(3)12(2)11-21-4/h12-13H,5-11H2,1-4H3,(H,16,20)(H,18,19). The van der Waals surface area contributed by atoms with E-state index in [1.165, 1.54) is 0 Å². The van der Waals surface area contributed by atoms with Gasteiger partial charge in [-0.2, -0.15) is 11.8 Å². The van der Waals surface area contributed by atoms with Gasteiger partial charge in [-0.3, -0.25) is 4.79 Å². The molecule has 0 rings (SSSR count). The number of carbonyl (C=O) groups excluding carboxylic acids is 1. The maximum atomic E-state index is 12.0. The predicted octanol–water partition coefficient (Wildman–Crippen LogP) is 3.05. The summed E-state index contributed by atoms with van der Waals surface area (Å²) in [5.41, 5.74) is 0. The molecule has 0 saturated carbocycles. The van der Waals surface area contributed by atoms with Crippen LogP contribution in [0.25, 0.3) is 0 Å². The first-order chi connectivity index (χ1) is 9.92. The van der Waals surface area contributed by atoms with Gasteiger partial charge in [-0.1, -0.05) is 19.8 Å². The highest BCUT2D eigenvalue weighted by molar-refractivity contribution is 7.98. The van der Waals surface area contributed by atoms with E-state index >= 15 is 0 Å². The maximum absolute atomic E-state index is 12.0. The van der Waals surface area contributed by atoms with E-state index < -0.39 is 5.97 Å². The van der Waals surface area contributed by atoms with Crippen LogP contribution < -0.4 is 5.32 Å². The highest BCUT2D eigenvalue weighted by Crippen LogP contribution is 2.17. The smallest absolute Gasteiger partial charge is 0.317 e. The third-order valence-electron chi connectivity index (χ3n) is 3.68. The zero-order valence-corrected chi connectivity index (χ0v) is 14.5. The van der Waals surface area contributed by atoms with E-state index in [2.05, 4.69) is 12.2 Å². The van der Waals surface area contributed by atoms with Crippen LogP contribution in [-0.4, -0.2) is 53.6 Å². The number of carbonyl (C=O) groups is 2. The summed E-state index contributed by atoms with van der Waals surface area (Å²) in [7, 11) is 1.81. The Hall–Kier alpha value is -0.910. The molecule has 5 nitrogen and oxygen atoms in total. The molecule has 124 valence electrons. The average molecular weight is 318 g/mol. The molecule has 0 heterocycles. The molecule has 0 aromatic heterocycles. The lowest BCUT2D eigenvalue weighted by atomic mass is 9.94. The molecule has 0 radical (unpaired) electrons. The van der Waals surface area contributed by atoms with Gasteiger partial charge in [0.25, 0.3) is 0 Å². The van der Waals surface area contributed by atoms with Crippen LogP contribution >= 0.6 is 11.8 Å². The van der Waals surface area contributed by atoms with Gasteiger partial charge in [-0.25, -0.2) is 4.79 Å². The molecule has 0 spiro atoms. The summed E-state index contributed by atoms with van der Waals surface area (Å²) in [4.78, 5) is 24.3. The number of urea groups is 1. The Morgan fingerprint density at radius 3 is 2.48 bits per heavy atom. The average Bonchev–Trinajstić information content (AvgIpc) is 2.43. The maximum Gasteiger partial charge on any atom is 0.317 e. The zero-order chi connectivity index (χ0) is 16.3. The predicted molar refractivity (Wildman–Crippen MR) is 88.9 cm³/mol. The van der Waals surface area contributed by atoms with Gasteiger partial charge in [0.05, 0.1) is 0 Å². The number of aliphatic carboxylic acids is 1. The number of carboxylic acids is 1. The minimum Gasteiger partial charge on any atom is -0.481 e. The molecule has 0 saturated heterocycles. The Labute approximate surface area is 132 Å². The first-order valence-electron chi connectivity index (χ1n) is 7.63.